The lowest BCUT2D eigenvalue weighted by Gasteiger charge is -2.12. The number of nitro benzene ring substituents is 1. The minimum absolute atomic E-state index is 0.241. The first-order valence-electron chi connectivity index (χ1n) is 6.27. The summed E-state index contributed by atoms with van der Waals surface area (Å²) in [6.07, 6.45) is 0. The van der Waals surface area contributed by atoms with E-state index < -0.39 is 50.3 Å². The molecule has 3 rings (SSSR count). The molecule has 0 spiro atoms. The normalized spacial score (nSPS) is 12.9. The van der Waals surface area contributed by atoms with Gasteiger partial charge in [-0.1, -0.05) is 11.6 Å². The predicted molar refractivity (Wildman–Crippen MR) is 79.9 cm³/mol. The van der Waals surface area contributed by atoms with Gasteiger partial charge in [-0.2, -0.15) is 0 Å². The zero-order valence-corrected chi connectivity index (χ0v) is 12.3. The molecule has 11 heteroatoms. The van der Waals surface area contributed by atoms with E-state index in [0.717, 1.165) is 12.1 Å². The van der Waals surface area contributed by atoms with Gasteiger partial charge in [0.15, 0.2) is 0 Å². The number of nitrogens with one attached hydrogen (secondary N) is 1. The van der Waals surface area contributed by atoms with E-state index in [9.17, 15) is 28.9 Å². The van der Waals surface area contributed by atoms with Gasteiger partial charge in [0.1, 0.15) is 17.3 Å². The summed E-state index contributed by atoms with van der Waals surface area (Å²) in [6.45, 7) is 0. The number of carbonyl (C=O) groups is 2. The van der Waals surface area contributed by atoms with Gasteiger partial charge in [-0.3, -0.25) is 34.4 Å². The van der Waals surface area contributed by atoms with E-state index in [2.05, 4.69) is 0 Å². The molecule has 0 saturated carbocycles. The zero-order chi connectivity index (χ0) is 17.8. The Labute approximate surface area is 136 Å². The highest BCUT2D eigenvalue weighted by atomic mass is 35.5. The number of nitro groups is 1. The van der Waals surface area contributed by atoms with Crippen LogP contribution in [0.25, 0.3) is 5.69 Å². The fourth-order valence-corrected chi connectivity index (χ4v) is 2.54. The van der Waals surface area contributed by atoms with E-state index >= 15 is 0 Å². The molecule has 0 saturated heterocycles. The topological polar surface area (TPSA) is 137 Å². The number of hydrogen-bond donors (Lipinski definition) is 2. The number of fused-ring (bicyclic) bond motifs is 1. The number of imide groups is 1. The van der Waals surface area contributed by atoms with Gasteiger partial charge >= 0.3 is 0 Å². The summed E-state index contributed by atoms with van der Waals surface area (Å²) in [5.41, 5.74) is 3.11. The van der Waals surface area contributed by atoms with Crippen molar-refractivity contribution >= 4 is 34.9 Å². The number of pyridine rings is 1. The molecule has 0 bridgehead atoms. The number of carbonyl (C=O) groups excluding carboxylic acids is 2. The zero-order valence-electron chi connectivity index (χ0n) is 11.5. The molecule has 2 amide bonds. The Bertz CT molecular complexity index is 1020. The highest BCUT2D eigenvalue weighted by Crippen LogP contribution is 2.31. The molecule has 3 N–H and O–H groups in total. The first-order valence-corrected chi connectivity index (χ1v) is 6.65. The molecular formula is C13H6ClFN4O5. The highest BCUT2D eigenvalue weighted by Gasteiger charge is 2.33. The summed E-state index contributed by atoms with van der Waals surface area (Å²) in [5, 5.41) is 12.6. The van der Waals surface area contributed by atoms with Crippen molar-refractivity contribution in [3.05, 3.63) is 60.6 Å². The van der Waals surface area contributed by atoms with Crippen molar-refractivity contribution in [3.8, 4) is 5.69 Å². The number of nitrogen functional groups attached to an aromatic ring is 1. The molecule has 0 atom stereocenters. The molecule has 1 aromatic carbocycles. The smallest absolute Gasteiger partial charge is 0.296 e. The van der Waals surface area contributed by atoms with Gasteiger partial charge < -0.3 is 5.73 Å². The van der Waals surface area contributed by atoms with E-state index in [0.29, 0.717) is 10.6 Å². The van der Waals surface area contributed by atoms with Crippen LogP contribution in [0.5, 0.6) is 0 Å². The predicted octanol–water partition coefficient (Wildman–Crippen LogP) is 1.00. The summed E-state index contributed by atoms with van der Waals surface area (Å²) in [6, 6.07) is 2.18. The molecule has 2 heterocycles. The summed E-state index contributed by atoms with van der Waals surface area (Å²) in [7, 11) is 0. The second kappa shape index (κ2) is 5.13. The Morgan fingerprint density at radius 2 is 1.88 bits per heavy atom. The van der Waals surface area contributed by atoms with Gasteiger partial charge in [-0.15, -0.1) is 0 Å². The van der Waals surface area contributed by atoms with Crippen molar-refractivity contribution < 1.29 is 18.9 Å². The second-order valence-corrected chi connectivity index (χ2v) is 5.19. The van der Waals surface area contributed by atoms with Crippen LogP contribution in [0, 0.1) is 15.9 Å². The van der Waals surface area contributed by atoms with E-state index in [1.807, 2.05) is 5.32 Å². The summed E-state index contributed by atoms with van der Waals surface area (Å²) in [4.78, 5) is 45.8. The van der Waals surface area contributed by atoms with Gasteiger partial charge in [0, 0.05) is 6.07 Å². The number of nitrogens with two attached hydrogens (primary N) is 1. The van der Waals surface area contributed by atoms with E-state index in [4.69, 9.17) is 17.3 Å². The minimum Gasteiger partial charge on any atom is -0.384 e. The number of amides is 2. The minimum atomic E-state index is -1.06. The molecule has 24 heavy (non-hydrogen) atoms. The Balaban J connectivity index is 2.41. The SMILES string of the molecule is Nc1c2c(cc(=O)n1-c1cc(Cl)c(F)cc1[N+](=O)[O-])C(=O)NC2=O. The first-order chi connectivity index (χ1) is 11.2. The third kappa shape index (κ3) is 2.12. The molecule has 1 aromatic heterocycles. The van der Waals surface area contributed by atoms with Crippen molar-refractivity contribution in [2.45, 2.75) is 0 Å². The Hall–Kier alpha value is -3.27. The van der Waals surface area contributed by atoms with Crippen molar-refractivity contribution in [3.63, 3.8) is 0 Å². The maximum atomic E-state index is 13.5. The van der Waals surface area contributed by atoms with Gasteiger partial charge in [-0.25, -0.2) is 4.39 Å². The number of rotatable bonds is 2. The lowest BCUT2D eigenvalue weighted by atomic mass is 10.1. The average Bonchev–Trinajstić information content (AvgIpc) is 2.76. The van der Waals surface area contributed by atoms with Gasteiger partial charge in [0.25, 0.3) is 23.1 Å². The number of aromatic nitrogens is 1. The average molecular weight is 353 g/mol. The quantitative estimate of drug-likeness (QED) is 0.470. The largest absolute Gasteiger partial charge is 0.384 e. The Morgan fingerprint density at radius 1 is 1.21 bits per heavy atom. The molecule has 1 aliphatic rings. The van der Waals surface area contributed by atoms with E-state index in [1.54, 1.807) is 0 Å². The maximum Gasteiger partial charge on any atom is 0.296 e. The number of halogens is 2. The number of benzene rings is 1. The Morgan fingerprint density at radius 3 is 2.50 bits per heavy atom. The molecule has 2 aromatic rings. The fourth-order valence-electron chi connectivity index (χ4n) is 2.38. The summed E-state index contributed by atoms with van der Waals surface area (Å²) >= 11 is 5.63. The van der Waals surface area contributed by atoms with Crippen LogP contribution < -0.4 is 16.6 Å². The molecule has 0 aliphatic carbocycles. The number of nitrogens with zero attached hydrogens (tertiary/aromatic N) is 2. The third-order valence-corrected chi connectivity index (χ3v) is 3.70. The van der Waals surface area contributed by atoms with Crippen LogP contribution in [0.2, 0.25) is 5.02 Å². The third-order valence-electron chi connectivity index (χ3n) is 3.41. The van der Waals surface area contributed by atoms with Crippen molar-refractivity contribution in [2.24, 2.45) is 0 Å². The Kier molecular flexibility index (Phi) is 3.34. The summed E-state index contributed by atoms with van der Waals surface area (Å²) < 4.78 is 14.1. The van der Waals surface area contributed by atoms with E-state index in [-0.39, 0.29) is 11.1 Å². The fraction of sp³-hybridized carbons (Fsp3) is 0. The summed E-state index contributed by atoms with van der Waals surface area (Å²) in [5.74, 6) is -3.21. The molecule has 0 fully saturated rings. The van der Waals surface area contributed by atoms with Crippen molar-refractivity contribution in [1.82, 2.24) is 9.88 Å². The number of anilines is 1. The number of hydrogen-bond acceptors (Lipinski definition) is 6. The monoisotopic (exact) mass is 352 g/mol. The van der Waals surface area contributed by atoms with Gasteiger partial charge in [0.2, 0.25) is 0 Å². The maximum absolute atomic E-state index is 13.5. The standard InChI is InChI=1S/C13H6ClFN4O5/c14-5-2-7(8(19(23)24)3-6(5)15)18-9(20)1-4-10(11(18)16)13(22)17-12(4)21/h1-3H,16H2,(H,17,21,22). The molecule has 1 aliphatic heterocycles. The van der Waals surface area contributed by atoms with Crippen LogP contribution in [0.3, 0.4) is 0 Å². The van der Waals surface area contributed by atoms with Crippen molar-refractivity contribution in [1.29, 1.82) is 0 Å². The highest BCUT2D eigenvalue weighted by molar-refractivity contribution is 6.31. The molecule has 0 radical (unpaired) electrons. The van der Waals surface area contributed by atoms with Gasteiger partial charge in [0.05, 0.1) is 27.1 Å². The molecule has 122 valence electrons. The first kappa shape index (κ1) is 15.6. The van der Waals surface area contributed by atoms with Crippen LogP contribution in [-0.2, 0) is 0 Å². The van der Waals surface area contributed by atoms with Crippen molar-refractivity contribution in [2.75, 3.05) is 5.73 Å². The van der Waals surface area contributed by atoms with Crippen LogP contribution in [0.15, 0.2) is 23.0 Å². The van der Waals surface area contributed by atoms with Crippen LogP contribution >= 0.6 is 11.6 Å². The molecule has 0 unspecified atom stereocenters. The lowest BCUT2D eigenvalue weighted by Crippen LogP contribution is -2.24. The molecule has 9 nitrogen and oxygen atoms in total. The van der Waals surface area contributed by atoms with Crippen LogP contribution in [-0.4, -0.2) is 21.3 Å². The second-order valence-electron chi connectivity index (χ2n) is 4.79. The lowest BCUT2D eigenvalue weighted by molar-refractivity contribution is -0.384. The van der Waals surface area contributed by atoms with Crippen LogP contribution in [0.4, 0.5) is 15.9 Å². The molecular weight excluding hydrogens is 347 g/mol. The van der Waals surface area contributed by atoms with Gasteiger partial charge in [-0.05, 0) is 6.07 Å². The van der Waals surface area contributed by atoms with Crippen LogP contribution in [0.1, 0.15) is 20.7 Å². The van der Waals surface area contributed by atoms with E-state index in [1.165, 1.54) is 0 Å².